The number of halogens is 3. The molecule has 0 unspecified atom stereocenters. The molecule has 128 valence electrons. The largest absolute Gasteiger partial charge is 0.322 e. The lowest BCUT2D eigenvalue weighted by molar-refractivity contribution is 0.102. The minimum atomic E-state index is -3.47. The molecule has 2 aromatic rings. The van der Waals surface area contributed by atoms with Crippen LogP contribution < -0.4 is 9.62 Å². The first-order valence-electron chi connectivity index (χ1n) is 6.59. The lowest BCUT2D eigenvalue weighted by Gasteiger charge is -2.17. The Kier molecular flexibility index (Phi) is 5.10. The molecule has 0 atom stereocenters. The number of anilines is 2. The maximum Gasteiger partial charge on any atom is 0.257 e. The third-order valence-corrected chi connectivity index (χ3v) is 4.75. The van der Waals surface area contributed by atoms with Crippen LogP contribution in [0.15, 0.2) is 36.4 Å². The van der Waals surface area contributed by atoms with Crippen LogP contribution in [0.4, 0.5) is 20.2 Å². The third-order valence-electron chi connectivity index (χ3n) is 3.24. The van der Waals surface area contributed by atoms with Gasteiger partial charge in [-0.1, -0.05) is 11.6 Å². The number of hydrogen-bond acceptors (Lipinski definition) is 3. The lowest BCUT2D eigenvalue weighted by atomic mass is 10.2. The maximum atomic E-state index is 13.2. The fourth-order valence-electron chi connectivity index (χ4n) is 1.85. The van der Waals surface area contributed by atoms with Crippen molar-refractivity contribution in [3.63, 3.8) is 0 Å². The Morgan fingerprint density at radius 2 is 1.79 bits per heavy atom. The zero-order chi connectivity index (χ0) is 18.1. The zero-order valence-electron chi connectivity index (χ0n) is 12.7. The van der Waals surface area contributed by atoms with E-state index in [9.17, 15) is 22.0 Å². The Labute approximate surface area is 142 Å². The summed E-state index contributed by atoms with van der Waals surface area (Å²) in [7, 11) is -2.12. The summed E-state index contributed by atoms with van der Waals surface area (Å²) >= 11 is 6.02. The van der Waals surface area contributed by atoms with Gasteiger partial charge in [-0.15, -0.1) is 0 Å². The van der Waals surface area contributed by atoms with E-state index in [0.717, 1.165) is 22.7 Å². The number of benzene rings is 2. The molecule has 0 aromatic heterocycles. The van der Waals surface area contributed by atoms with Crippen molar-refractivity contribution in [2.45, 2.75) is 0 Å². The van der Waals surface area contributed by atoms with Crippen LogP contribution in [0.5, 0.6) is 0 Å². The summed E-state index contributed by atoms with van der Waals surface area (Å²) < 4.78 is 50.0. The van der Waals surface area contributed by atoms with Crippen molar-refractivity contribution in [2.75, 3.05) is 22.9 Å². The van der Waals surface area contributed by atoms with Crippen molar-refractivity contribution >= 4 is 38.9 Å². The fourth-order valence-corrected chi connectivity index (χ4v) is 2.60. The van der Waals surface area contributed by atoms with Gasteiger partial charge in [-0.25, -0.2) is 17.2 Å². The molecule has 0 spiro atoms. The highest BCUT2D eigenvalue weighted by molar-refractivity contribution is 7.92. The van der Waals surface area contributed by atoms with Gasteiger partial charge in [0.1, 0.15) is 0 Å². The van der Waals surface area contributed by atoms with Crippen molar-refractivity contribution in [1.82, 2.24) is 0 Å². The average molecular weight is 375 g/mol. The number of nitrogens with one attached hydrogen (secondary N) is 1. The Balaban J connectivity index is 2.25. The molecule has 1 N–H and O–H groups in total. The van der Waals surface area contributed by atoms with Crippen molar-refractivity contribution in [3.8, 4) is 0 Å². The monoisotopic (exact) mass is 374 g/mol. The summed E-state index contributed by atoms with van der Waals surface area (Å²) in [5, 5.41) is 2.40. The second kappa shape index (κ2) is 6.74. The summed E-state index contributed by atoms with van der Waals surface area (Å²) in [4.78, 5) is 12.2. The normalized spacial score (nSPS) is 11.2. The topological polar surface area (TPSA) is 66.5 Å². The molecule has 0 fully saturated rings. The van der Waals surface area contributed by atoms with Gasteiger partial charge in [-0.2, -0.15) is 0 Å². The van der Waals surface area contributed by atoms with Crippen molar-refractivity contribution < 1.29 is 22.0 Å². The number of nitrogens with zero attached hydrogens (tertiary/aromatic N) is 1. The second-order valence-electron chi connectivity index (χ2n) is 4.98. The first-order valence-corrected chi connectivity index (χ1v) is 8.82. The van der Waals surface area contributed by atoms with Crippen LogP contribution in [0, 0.1) is 11.6 Å². The number of amides is 1. The van der Waals surface area contributed by atoms with Gasteiger partial charge in [0.05, 0.1) is 22.5 Å². The second-order valence-corrected chi connectivity index (χ2v) is 7.40. The number of hydrogen-bond donors (Lipinski definition) is 1. The van der Waals surface area contributed by atoms with E-state index in [0.29, 0.717) is 0 Å². The zero-order valence-corrected chi connectivity index (χ0v) is 14.3. The van der Waals surface area contributed by atoms with E-state index >= 15 is 0 Å². The molecule has 0 saturated heterocycles. The molecule has 0 radical (unpaired) electrons. The van der Waals surface area contributed by atoms with E-state index in [-0.39, 0.29) is 22.0 Å². The van der Waals surface area contributed by atoms with Crippen molar-refractivity contribution in [2.24, 2.45) is 0 Å². The standard InChI is InChI=1S/C15H13ClF2N2O3S/c1-20(24(2,22)23)10-4-5-11(12(16)8-10)15(21)19-9-3-6-13(17)14(18)7-9/h3-8H,1-2H3,(H,19,21). The van der Waals surface area contributed by atoms with Gasteiger partial charge in [-0.05, 0) is 30.3 Å². The number of carbonyl (C=O) groups excluding carboxylic acids is 1. The molecule has 0 aliphatic rings. The molecule has 2 rings (SSSR count). The number of carbonyl (C=O) groups is 1. The third kappa shape index (κ3) is 4.01. The molecule has 5 nitrogen and oxygen atoms in total. The number of rotatable bonds is 4. The Hall–Kier alpha value is -2.19. The van der Waals surface area contributed by atoms with Gasteiger partial charge in [0, 0.05) is 18.8 Å². The van der Waals surface area contributed by atoms with E-state index in [1.807, 2.05) is 0 Å². The highest BCUT2D eigenvalue weighted by Gasteiger charge is 2.16. The molecule has 2 aromatic carbocycles. The van der Waals surface area contributed by atoms with Crippen molar-refractivity contribution in [1.29, 1.82) is 0 Å². The summed E-state index contributed by atoms with van der Waals surface area (Å²) in [5.74, 6) is -2.76. The van der Waals surface area contributed by atoms with Gasteiger partial charge in [0.25, 0.3) is 5.91 Å². The maximum absolute atomic E-state index is 13.2. The van der Waals surface area contributed by atoms with Crippen LogP contribution in [-0.2, 0) is 10.0 Å². The molecule has 0 heterocycles. The molecule has 0 saturated carbocycles. The van der Waals surface area contributed by atoms with Crippen molar-refractivity contribution in [3.05, 3.63) is 58.6 Å². The molecular weight excluding hydrogens is 362 g/mol. The van der Waals surface area contributed by atoms with Gasteiger partial charge < -0.3 is 5.32 Å². The first kappa shape index (κ1) is 18.2. The molecule has 1 amide bonds. The minimum absolute atomic E-state index is 0.0167. The fraction of sp³-hybridized carbons (Fsp3) is 0.133. The average Bonchev–Trinajstić information content (AvgIpc) is 2.49. The smallest absolute Gasteiger partial charge is 0.257 e. The van der Waals surface area contributed by atoms with Gasteiger partial charge in [-0.3, -0.25) is 9.10 Å². The van der Waals surface area contributed by atoms with Crippen LogP contribution in [-0.4, -0.2) is 27.6 Å². The molecule has 0 aliphatic carbocycles. The molecular formula is C15H13ClF2N2O3S. The molecule has 9 heteroatoms. The van der Waals surface area contributed by atoms with Gasteiger partial charge >= 0.3 is 0 Å². The Morgan fingerprint density at radius 3 is 2.33 bits per heavy atom. The highest BCUT2D eigenvalue weighted by Crippen LogP contribution is 2.25. The van der Waals surface area contributed by atoms with E-state index in [2.05, 4.69) is 5.32 Å². The van der Waals surface area contributed by atoms with E-state index in [4.69, 9.17) is 11.6 Å². The lowest BCUT2D eigenvalue weighted by Crippen LogP contribution is -2.25. The summed E-state index contributed by atoms with van der Waals surface area (Å²) in [6, 6.07) is 7.00. The first-order chi connectivity index (χ1) is 11.1. The van der Waals surface area contributed by atoms with Crippen LogP contribution in [0.1, 0.15) is 10.4 Å². The van der Waals surface area contributed by atoms with Gasteiger partial charge in [0.2, 0.25) is 10.0 Å². The van der Waals surface area contributed by atoms with E-state index in [1.165, 1.54) is 31.3 Å². The molecule has 0 aliphatic heterocycles. The summed E-state index contributed by atoms with van der Waals surface area (Å²) in [6.45, 7) is 0. The van der Waals surface area contributed by atoms with Crippen LogP contribution in [0.25, 0.3) is 0 Å². The predicted molar refractivity (Wildman–Crippen MR) is 89.0 cm³/mol. The van der Waals surface area contributed by atoms with E-state index < -0.39 is 27.6 Å². The van der Waals surface area contributed by atoms with Crippen LogP contribution in [0.2, 0.25) is 5.02 Å². The highest BCUT2D eigenvalue weighted by atomic mass is 35.5. The van der Waals surface area contributed by atoms with Crippen LogP contribution >= 0.6 is 11.6 Å². The number of sulfonamides is 1. The quantitative estimate of drug-likeness (QED) is 0.893. The summed E-state index contributed by atoms with van der Waals surface area (Å²) in [6.07, 6.45) is 1.03. The molecule has 24 heavy (non-hydrogen) atoms. The Bertz CT molecular complexity index is 904. The van der Waals surface area contributed by atoms with E-state index in [1.54, 1.807) is 0 Å². The Morgan fingerprint density at radius 1 is 1.12 bits per heavy atom. The van der Waals surface area contributed by atoms with Gasteiger partial charge in [0.15, 0.2) is 11.6 Å². The minimum Gasteiger partial charge on any atom is -0.322 e. The SMILES string of the molecule is CN(c1ccc(C(=O)Nc2ccc(F)c(F)c2)c(Cl)c1)S(C)(=O)=O. The van der Waals surface area contributed by atoms with Crippen LogP contribution in [0.3, 0.4) is 0 Å². The predicted octanol–water partition coefficient (Wildman–Crippen LogP) is 3.27. The summed E-state index contributed by atoms with van der Waals surface area (Å²) in [5.41, 5.74) is 0.409. The molecule has 0 bridgehead atoms.